The van der Waals surface area contributed by atoms with Crippen molar-refractivity contribution in [2.75, 3.05) is 26.2 Å². The maximum atomic E-state index is 12.9. The van der Waals surface area contributed by atoms with Gasteiger partial charge >= 0.3 is 6.18 Å². The molecule has 2 aromatic rings. The number of alkyl halides is 3. The zero-order chi connectivity index (χ0) is 20.4. The van der Waals surface area contributed by atoms with Gasteiger partial charge in [-0.15, -0.1) is 0 Å². The van der Waals surface area contributed by atoms with Crippen LogP contribution in [0.2, 0.25) is 0 Å². The molecular weight excluding hydrogens is 385 g/mol. The van der Waals surface area contributed by atoms with Crippen molar-refractivity contribution in [1.82, 2.24) is 19.9 Å². The first-order chi connectivity index (χ1) is 13.9. The van der Waals surface area contributed by atoms with E-state index >= 15 is 0 Å². The maximum absolute atomic E-state index is 12.9. The van der Waals surface area contributed by atoms with Crippen LogP contribution in [0, 0.1) is 5.92 Å². The van der Waals surface area contributed by atoms with Gasteiger partial charge < -0.3 is 9.42 Å². The van der Waals surface area contributed by atoms with Crippen molar-refractivity contribution in [2.45, 2.75) is 38.4 Å². The molecule has 1 amide bonds. The first-order valence-electron chi connectivity index (χ1n) is 9.91. The Kier molecular flexibility index (Phi) is 5.58. The Hall–Kier alpha value is -2.42. The van der Waals surface area contributed by atoms with Gasteiger partial charge in [-0.2, -0.15) is 18.2 Å². The summed E-state index contributed by atoms with van der Waals surface area (Å²) < 4.78 is 43.9. The summed E-state index contributed by atoms with van der Waals surface area (Å²) in [5.74, 6) is 0.952. The van der Waals surface area contributed by atoms with Crippen LogP contribution in [0.15, 0.2) is 28.8 Å². The Morgan fingerprint density at radius 1 is 1.14 bits per heavy atom. The molecule has 0 N–H and O–H groups in total. The summed E-state index contributed by atoms with van der Waals surface area (Å²) in [5, 5.41) is 3.83. The predicted molar refractivity (Wildman–Crippen MR) is 98.6 cm³/mol. The summed E-state index contributed by atoms with van der Waals surface area (Å²) >= 11 is 0. The fourth-order valence-corrected chi connectivity index (χ4v) is 4.02. The second-order valence-electron chi connectivity index (χ2n) is 7.67. The van der Waals surface area contributed by atoms with Crippen LogP contribution in [0.5, 0.6) is 0 Å². The predicted octanol–water partition coefficient (Wildman–Crippen LogP) is 3.59. The molecule has 1 aromatic carbocycles. The Labute approximate surface area is 166 Å². The molecule has 2 fully saturated rings. The van der Waals surface area contributed by atoms with Gasteiger partial charge in [-0.1, -0.05) is 30.1 Å². The third-order valence-electron chi connectivity index (χ3n) is 5.66. The van der Waals surface area contributed by atoms with Crippen molar-refractivity contribution < 1.29 is 22.5 Å². The average Bonchev–Trinajstić information content (AvgIpc) is 3.40. The number of rotatable bonds is 4. The second kappa shape index (κ2) is 8.14. The number of halogens is 3. The third kappa shape index (κ3) is 4.60. The van der Waals surface area contributed by atoms with Crippen LogP contribution in [-0.2, 0) is 17.5 Å². The van der Waals surface area contributed by atoms with E-state index in [9.17, 15) is 18.0 Å². The van der Waals surface area contributed by atoms with Crippen LogP contribution in [-0.4, -0.2) is 52.0 Å². The van der Waals surface area contributed by atoms with Crippen LogP contribution in [0.1, 0.15) is 37.1 Å². The smallest absolute Gasteiger partial charge is 0.340 e. The van der Waals surface area contributed by atoms with Crippen molar-refractivity contribution >= 4 is 5.91 Å². The lowest BCUT2D eigenvalue weighted by atomic mass is 10.1. The number of nitrogens with zero attached hydrogens (tertiary/aromatic N) is 4. The molecule has 9 heteroatoms. The van der Waals surface area contributed by atoms with Crippen LogP contribution >= 0.6 is 0 Å². The van der Waals surface area contributed by atoms with E-state index in [4.69, 9.17) is 4.52 Å². The van der Waals surface area contributed by atoms with Crippen LogP contribution in [0.25, 0.3) is 11.4 Å². The van der Waals surface area contributed by atoms with Crippen LogP contribution in [0.4, 0.5) is 13.2 Å². The van der Waals surface area contributed by atoms with Crippen molar-refractivity contribution in [1.29, 1.82) is 0 Å². The Balaban J connectivity index is 1.34. The van der Waals surface area contributed by atoms with E-state index in [1.165, 1.54) is 12.1 Å². The molecule has 1 aromatic heterocycles. The Bertz CT molecular complexity index is 853. The molecule has 156 valence electrons. The summed E-state index contributed by atoms with van der Waals surface area (Å²) in [7, 11) is 0. The quantitative estimate of drug-likeness (QED) is 0.774. The van der Waals surface area contributed by atoms with Gasteiger partial charge in [-0.3, -0.25) is 9.69 Å². The number of carbonyl (C=O) groups is 1. The molecule has 4 rings (SSSR count). The molecule has 0 spiro atoms. The van der Waals surface area contributed by atoms with Gasteiger partial charge in [0.2, 0.25) is 17.6 Å². The molecule has 1 saturated heterocycles. The molecule has 6 nitrogen and oxygen atoms in total. The molecule has 0 unspecified atom stereocenters. The number of piperazine rings is 1. The lowest BCUT2D eigenvalue weighted by molar-refractivity contribution is -0.138. The summed E-state index contributed by atoms with van der Waals surface area (Å²) in [6.45, 7) is 3.17. The summed E-state index contributed by atoms with van der Waals surface area (Å²) in [6, 6.07) is 4.88. The van der Waals surface area contributed by atoms with Crippen molar-refractivity contribution in [2.24, 2.45) is 5.92 Å². The molecule has 1 aliphatic heterocycles. The van der Waals surface area contributed by atoms with E-state index in [0.29, 0.717) is 38.6 Å². The largest absolute Gasteiger partial charge is 0.416 e. The minimum absolute atomic E-state index is 0.140. The lowest BCUT2D eigenvalue weighted by Gasteiger charge is -2.35. The van der Waals surface area contributed by atoms with Gasteiger partial charge in [0.15, 0.2) is 0 Å². The van der Waals surface area contributed by atoms with E-state index in [-0.39, 0.29) is 23.2 Å². The monoisotopic (exact) mass is 408 g/mol. The highest BCUT2D eigenvalue weighted by atomic mass is 19.4. The molecular formula is C20H23F3N4O2. The van der Waals surface area contributed by atoms with Crippen LogP contribution < -0.4 is 0 Å². The van der Waals surface area contributed by atoms with Gasteiger partial charge in [0, 0.05) is 37.7 Å². The lowest BCUT2D eigenvalue weighted by Crippen LogP contribution is -2.49. The van der Waals surface area contributed by atoms with Gasteiger partial charge in [0.05, 0.1) is 12.1 Å². The summed E-state index contributed by atoms with van der Waals surface area (Å²) in [5.41, 5.74) is -0.480. The summed E-state index contributed by atoms with van der Waals surface area (Å²) in [6.07, 6.45) is -0.139. The van der Waals surface area contributed by atoms with E-state index in [2.05, 4.69) is 15.0 Å². The average molecular weight is 408 g/mol. The Morgan fingerprint density at radius 2 is 1.86 bits per heavy atom. The third-order valence-corrected chi connectivity index (χ3v) is 5.66. The van der Waals surface area contributed by atoms with E-state index in [0.717, 1.165) is 37.8 Å². The molecule has 2 heterocycles. The molecule has 29 heavy (non-hydrogen) atoms. The first kappa shape index (κ1) is 19.9. The zero-order valence-electron chi connectivity index (χ0n) is 16.0. The highest BCUT2D eigenvalue weighted by Gasteiger charge is 2.31. The number of amides is 1. The normalized spacial score (nSPS) is 19.1. The molecule has 0 atom stereocenters. The summed E-state index contributed by atoms with van der Waals surface area (Å²) in [4.78, 5) is 20.8. The first-order valence-corrected chi connectivity index (χ1v) is 9.91. The number of benzene rings is 1. The van der Waals surface area contributed by atoms with Gasteiger partial charge in [0.1, 0.15) is 0 Å². The minimum atomic E-state index is -4.42. The maximum Gasteiger partial charge on any atom is 0.416 e. The second-order valence-corrected chi connectivity index (χ2v) is 7.67. The van der Waals surface area contributed by atoms with Crippen molar-refractivity contribution in [3.63, 3.8) is 0 Å². The van der Waals surface area contributed by atoms with Gasteiger partial charge in [-0.05, 0) is 25.0 Å². The standard InChI is InChI=1S/C20H23F3N4O2/c21-20(22,23)16-7-3-6-15(12-16)18-24-17(29-25-18)13-26-8-10-27(11-9-26)19(28)14-4-1-2-5-14/h3,6-7,12,14H,1-2,4-5,8-11,13H2. The van der Waals surface area contributed by atoms with Gasteiger partial charge in [-0.25, -0.2) is 0 Å². The van der Waals surface area contributed by atoms with Crippen molar-refractivity contribution in [3.8, 4) is 11.4 Å². The molecule has 1 saturated carbocycles. The van der Waals surface area contributed by atoms with E-state index < -0.39 is 11.7 Å². The topological polar surface area (TPSA) is 62.5 Å². The van der Waals surface area contributed by atoms with Crippen molar-refractivity contribution in [3.05, 3.63) is 35.7 Å². The van der Waals surface area contributed by atoms with E-state index in [1.54, 1.807) is 0 Å². The van der Waals surface area contributed by atoms with Gasteiger partial charge in [0.25, 0.3) is 0 Å². The number of carbonyl (C=O) groups excluding carboxylic acids is 1. The van der Waals surface area contributed by atoms with E-state index in [1.807, 2.05) is 4.90 Å². The number of aromatic nitrogens is 2. The molecule has 0 bridgehead atoms. The number of hydrogen-bond acceptors (Lipinski definition) is 5. The SMILES string of the molecule is O=C(C1CCCC1)N1CCN(Cc2nc(-c3cccc(C(F)(F)F)c3)no2)CC1. The molecule has 0 radical (unpaired) electrons. The fraction of sp³-hybridized carbons (Fsp3) is 0.550. The zero-order valence-corrected chi connectivity index (χ0v) is 16.0. The minimum Gasteiger partial charge on any atom is -0.340 e. The fourth-order valence-electron chi connectivity index (χ4n) is 4.02. The highest BCUT2D eigenvalue weighted by molar-refractivity contribution is 5.79. The molecule has 1 aliphatic carbocycles. The highest BCUT2D eigenvalue weighted by Crippen LogP contribution is 2.31. The van der Waals surface area contributed by atoms with Crippen LogP contribution in [0.3, 0.4) is 0 Å². The molecule has 2 aliphatic rings. The Morgan fingerprint density at radius 3 is 2.55 bits per heavy atom. The number of hydrogen-bond donors (Lipinski definition) is 0.